The summed E-state index contributed by atoms with van der Waals surface area (Å²) in [5, 5.41) is 9.56. The summed E-state index contributed by atoms with van der Waals surface area (Å²) in [4.78, 5) is 86.5. The lowest BCUT2D eigenvalue weighted by Gasteiger charge is -2.51. The maximum absolute atomic E-state index is 14.6. The van der Waals surface area contributed by atoms with Crippen LogP contribution in [0.15, 0.2) is 83.8 Å². The maximum Gasteiger partial charge on any atom is 0.332 e. The number of nitrogens with zero attached hydrogens (tertiary/aromatic N) is 3. The number of likely N-dealkylation sites (N-methyl/N-ethyl adjacent to an activating group) is 2. The zero-order chi connectivity index (χ0) is 61.8. The average Bonchev–Trinajstić information content (AvgIpc) is 0.741. The van der Waals surface area contributed by atoms with Crippen LogP contribution in [0.25, 0.3) is 0 Å². The van der Waals surface area contributed by atoms with Gasteiger partial charge in [0.1, 0.15) is 6.04 Å². The molecule has 4 aromatic rings. The van der Waals surface area contributed by atoms with E-state index in [2.05, 4.69) is 34.1 Å². The Morgan fingerprint density at radius 1 is 0.581 bits per heavy atom. The van der Waals surface area contributed by atoms with Gasteiger partial charge in [0, 0.05) is 99.4 Å². The van der Waals surface area contributed by atoms with E-state index in [9.17, 15) is 41.1 Å². The molecule has 8 rings (SSSR count). The molecule has 0 aromatic heterocycles. The predicted molar refractivity (Wildman–Crippen MR) is 334 cm³/mol. The molecule has 86 heavy (non-hydrogen) atoms. The number of unbranched alkanes of at least 4 members (excludes halogenated alkanes) is 12. The number of nitrogens with one attached hydrogen (secondary N) is 3. The Morgan fingerprint density at radius 2 is 0.988 bits per heavy atom. The molecule has 4 aromatic carbocycles. The zero-order valence-electron chi connectivity index (χ0n) is 50.4. The minimum atomic E-state index is -4.96. The minimum absolute atomic E-state index is 0.0802. The molecule has 3 aliphatic carbocycles. The van der Waals surface area contributed by atoms with E-state index in [1.54, 1.807) is 19.0 Å². The minimum Gasteiger partial charge on any atom is -0.378 e. The van der Waals surface area contributed by atoms with Gasteiger partial charge in [0.15, 0.2) is 0 Å². The van der Waals surface area contributed by atoms with Crippen LogP contribution in [0.4, 0.5) is 20.9 Å². The molecule has 21 heteroatoms. The fourth-order valence-corrected chi connectivity index (χ4v) is 12.9. The first-order valence-corrected chi connectivity index (χ1v) is 32.4. The molecular weight excluding hydrogens is 1120 g/mol. The third kappa shape index (κ3) is 17.6. The largest absolute Gasteiger partial charge is 0.378 e. The fraction of sp³-hybridized carbons (Fsp3) is 0.538. The number of benzene rings is 4. The van der Waals surface area contributed by atoms with Crippen molar-refractivity contribution in [2.75, 3.05) is 82.5 Å². The Hall–Kier alpha value is -6.62. The molecule has 0 saturated carbocycles. The lowest BCUT2D eigenvalue weighted by Crippen LogP contribution is -2.47. The highest BCUT2D eigenvalue weighted by atomic mass is 32.3. The van der Waals surface area contributed by atoms with Crippen molar-refractivity contribution in [3.05, 3.63) is 118 Å². The molecule has 1 saturated heterocycles. The third-order valence-corrected chi connectivity index (χ3v) is 17.9. The molecule has 11 N–H and O–H groups in total. The summed E-state index contributed by atoms with van der Waals surface area (Å²) in [5.41, 5.74) is 30.2. The highest BCUT2D eigenvalue weighted by Crippen LogP contribution is 2.62. The third-order valence-electron chi connectivity index (χ3n) is 17.1. The van der Waals surface area contributed by atoms with Crippen molar-refractivity contribution in [3.63, 3.8) is 0 Å². The number of anilines is 3. The lowest BCUT2D eigenvalue weighted by atomic mass is 9.51. The van der Waals surface area contributed by atoms with Crippen LogP contribution in [0.1, 0.15) is 184 Å². The number of likely N-dealkylation sites (tertiary alicyclic amines) is 1. The summed E-state index contributed by atoms with van der Waals surface area (Å²) in [5.74, 6) is -1.56. The van der Waals surface area contributed by atoms with Gasteiger partial charge in [-0.2, -0.15) is 8.42 Å². The van der Waals surface area contributed by atoms with Crippen molar-refractivity contribution in [2.45, 2.75) is 163 Å². The van der Waals surface area contributed by atoms with Crippen molar-refractivity contribution < 1.29 is 45.8 Å². The highest BCUT2D eigenvalue weighted by Gasteiger charge is 2.52. The lowest BCUT2D eigenvalue weighted by molar-refractivity contribution is -0.134. The van der Waals surface area contributed by atoms with Crippen molar-refractivity contribution in [1.82, 2.24) is 14.7 Å². The summed E-state index contributed by atoms with van der Waals surface area (Å²) < 4.78 is 42.3. The number of carbonyl (C=O) groups excluding carboxylic acids is 6. The molecule has 19 nitrogen and oxygen atoms in total. The molecule has 1 aliphatic heterocycles. The number of ether oxygens (including phenoxy) is 1. The van der Waals surface area contributed by atoms with E-state index in [1.807, 2.05) is 36.4 Å². The van der Waals surface area contributed by atoms with Gasteiger partial charge in [-0.1, -0.05) is 76.0 Å². The standard InChI is InChI=1S/C65H91FN10O9S/c1-74(36-38-85-39-37-75(2)64(82)57-40-46(70)44-76(57)63(81)45-21-26-50(27-22-45)86(66,83)84)61(80)31-32-65-54-41-47(71-58(77)18-12-6-3-9-15-33-67)23-28-51(54)62(52-29-24-48(42-55(52)65)72-59(78)19-13-7-4-10-16-34-68)53-30-25-49(43-56(53)65)73-60(79)20-14-8-5-11-17-35-69/h21-30,41-43,46,57,62H,3-20,31-40,44,67-70H2,1-2H3,(H,71,77)(H,72,78)(H,73,79)/t46-,57-,62?,65?/m0/s1. The summed E-state index contributed by atoms with van der Waals surface area (Å²) in [7, 11) is -1.65. The smallest absolute Gasteiger partial charge is 0.332 e. The fourth-order valence-electron chi connectivity index (χ4n) is 12.4. The number of carbonyl (C=O) groups is 6. The number of rotatable bonds is 36. The summed E-state index contributed by atoms with van der Waals surface area (Å²) in [6, 6.07) is 21.3. The van der Waals surface area contributed by atoms with Crippen LogP contribution in [-0.2, 0) is 44.3 Å². The molecule has 1 fully saturated rings. The highest BCUT2D eigenvalue weighted by molar-refractivity contribution is 7.86. The summed E-state index contributed by atoms with van der Waals surface area (Å²) >= 11 is 0. The first kappa shape index (κ1) is 66.9. The predicted octanol–water partition coefficient (Wildman–Crippen LogP) is 8.16. The van der Waals surface area contributed by atoms with Crippen LogP contribution in [0.3, 0.4) is 0 Å². The molecule has 2 bridgehead atoms. The molecule has 1 heterocycles. The first-order valence-electron chi connectivity index (χ1n) is 31.0. The SMILES string of the molecule is CN(CCOCCN(C)C(=O)[C@@H]1C[C@H](N)CN1C(=O)c1ccc(S(=O)(=O)F)cc1)C(=O)CCC12c3cc(NC(=O)CCCCCCCN)ccc3C(c3ccc(NC(=O)CCCCCCCN)cc31)c1ccc(NC(=O)CCCCCCCN)cc12. The monoisotopic (exact) mass is 1210 g/mol. The van der Waals surface area contributed by atoms with Gasteiger partial charge in [0.2, 0.25) is 29.5 Å². The molecule has 4 aliphatic rings. The van der Waals surface area contributed by atoms with Crippen LogP contribution in [0, 0.1) is 0 Å². The number of halogens is 1. The van der Waals surface area contributed by atoms with Gasteiger partial charge >= 0.3 is 10.2 Å². The first-order chi connectivity index (χ1) is 41.4. The maximum atomic E-state index is 14.6. The van der Waals surface area contributed by atoms with Gasteiger partial charge in [-0.3, -0.25) is 28.8 Å². The Bertz CT molecular complexity index is 2890. The van der Waals surface area contributed by atoms with E-state index in [-0.39, 0.29) is 86.7 Å². The Morgan fingerprint density at radius 3 is 1.41 bits per heavy atom. The Balaban J connectivity index is 1.10. The van der Waals surface area contributed by atoms with E-state index >= 15 is 0 Å². The summed E-state index contributed by atoms with van der Waals surface area (Å²) in [6.07, 6.45) is 15.7. The van der Waals surface area contributed by atoms with Gasteiger partial charge in [0.05, 0.1) is 18.1 Å². The number of amides is 6. The van der Waals surface area contributed by atoms with Crippen molar-refractivity contribution >= 4 is 62.7 Å². The molecule has 0 unspecified atom stereocenters. The second-order valence-electron chi connectivity index (χ2n) is 23.4. The van der Waals surface area contributed by atoms with Crippen LogP contribution in [0.2, 0.25) is 0 Å². The van der Waals surface area contributed by atoms with E-state index in [1.165, 1.54) is 21.9 Å². The normalized spacial score (nSPS) is 17.3. The zero-order valence-corrected chi connectivity index (χ0v) is 51.2. The topological polar surface area (TPSA) is 296 Å². The van der Waals surface area contributed by atoms with E-state index < -0.39 is 38.5 Å². The van der Waals surface area contributed by atoms with Crippen LogP contribution in [-0.4, -0.2) is 137 Å². The van der Waals surface area contributed by atoms with Crippen LogP contribution < -0.4 is 38.9 Å². The molecule has 6 amide bonds. The average molecular weight is 1210 g/mol. The van der Waals surface area contributed by atoms with Gasteiger partial charge in [0.25, 0.3) is 5.91 Å². The van der Waals surface area contributed by atoms with Gasteiger partial charge < -0.3 is 58.3 Å². The molecule has 468 valence electrons. The Kier molecular flexibility index (Phi) is 25.2. The van der Waals surface area contributed by atoms with Gasteiger partial charge in [-0.15, -0.1) is 3.89 Å². The molecule has 0 radical (unpaired) electrons. The van der Waals surface area contributed by atoms with Crippen LogP contribution >= 0.6 is 0 Å². The Labute approximate surface area is 507 Å². The molecule has 0 spiro atoms. The number of hydrogen-bond donors (Lipinski definition) is 7. The number of nitrogens with two attached hydrogens (primary N) is 4. The van der Waals surface area contributed by atoms with Gasteiger partial charge in [-0.05, 0) is 165 Å². The van der Waals surface area contributed by atoms with Gasteiger partial charge in [-0.25, -0.2) is 0 Å². The van der Waals surface area contributed by atoms with E-state index in [0.29, 0.717) is 62.4 Å². The van der Waals surface area contributed by atoms with E-state index in [0.717, 1.165) is 142 Å². The van der Waals surface area contributed by atoms with Crippen molar-refractivity contribution in [1.29, 1.82) is 0 Å². The quantitative estimate of drug-likeness (QED) is 0.0167. The second kappa shape index (κ2) is 32.4. The van der Waals surface area contributed by atoms with Crippen LogP contribution in [0.5, 0.6) is 0 Å². The van der Waals surface area contributed by atoms with Crippen molar-refractivity contribution in [3.8, 4) is 0 Å². The summed E-state index contributed by atoms with van der Waals surface area (Å²) in [6.45, 7) is 2.72. The van der Waals surface area contributed by atoms with Crippen molar-refractivity contribution in [2.24, 2.45) is 22.9 Å². The molecule has 2 atom stereocenters. The molecular formula is C65H91FN10O9S. The number of hydrogen-bond acceptors (Lipinski definition) is 13. The second-order valence-corrected chi connectivity index (χ2v) is 24.8. The van der Waals surface area contributed by atoms with E-state index in [4.69, 9.17) is 27.7 Å².